The van der Waals surface area contributed by atoms with Gasteiger partial charge in [-0.1, -0.05) is 13.8 Å². The molecule has 0 radical (unpaired) electrons. The lowest BCUT2D eigenvalue weighted by atomic mass is 9.87. The molecule has 2 rings (SSSR count). The number of urea groups is 1. The molecule has 1 fully saturated rings. The normalized spacial score (nSPS) is 16.0. The maximum Gasteiger partial charge on any atom is 0.335 e. The van der Waals surface area contributed by atoms with E-state index in [0.717, 1.165) is 25.9 Å². The van der Waals surface area contributed by atoms with Crippen LogP contribution in [-0.4, -0.2) is 35.1 Å². The van der Waals surface area contributed by atoms with E-state index in [4.69, 9.17) is 5.11 Å². The zero-order valence-electron chi connectivity index (χ0n) is 12.5. The number of aromatic carboxylic acids is 1. The molecule has 1 aromatic carbocycles. The molecule has 1 aliphatic heterocycles. The summed E-state index contributed by atoms with van der Waals surface area (Å²) < 4.78 is 0. The standard InChI is InChI=1S/C16H22N2O3/c1-11(2)12-7-9-18(10-8-12)16(21)17-14-5-3-13(4-6-14)15(19)20/h3-6,11-12H,7-10H2,1-2H3,(H,17,21)(H,19,20). The first-order valence-corrected chi connectivity index (χ1v) is 7.36. The smallest absolute Gasteiger partial charge is 0.335 e. The number of hydrogen-bond acceptors (Lipinski definition) is 2. The fourth-order valence-corrected chi connectivity index (χ4v) is 2.67. The van der Waals surface area contributed by atoms with Gasteiger partial charge in [0.15, 0.2) is 0 Å². The minimum Gasteiger partial charge on any atom is -0.478 e. The van der Waals surface area contributed by atoms with Crippen LogP contribution in [0.2, 0.25) is 0 Å². The number of anilines is 1. The van der Waals surface area contributed by atoms with Crippen molar-refractivity contribution in [2.24, 2.45) is 11.8 Å². The van der Waals surface area contributed by atoms with Crippen molar-refractivity contribution >= 4 is 17.7 Å². The number of nitrogens with one attached hydrogen (secondary N) is 1. The van der Waals surface area contributed by atoms with E-state index in [1.54, 1.807) is 12.1 Å². The van der Waals surface area contributed by atoms with Gasteiger partial charge in [-0.05, 0) is 48.9 Å². The molecule has 1 heterocycles. The molecule has 1 aromatic rings. The molecule has 114 valence electrons. The molecular weight excluding hydrogens is 268 g/mol. The maximum atomic E-state index is 12.2. The van der Waals surface area contributed by atoms with Crippen LogP contribution in [0.3, 0.4) is 0 Å². The van der Waals surface area contributed by atoms with Gasteiger partial charge in [0.1, 0.15) is 0 Å². The van der Waals surface area contributed by atoms with Crippen LogP contribution in [0.5, 0.6) is 0 Å². The largest absolute Gasteiger partial charge is 0.478 e. The lowest BCUT2D eigenvalue weighted by Crippen LogP contribution is -2.41. The van der Waals surface area contributed by atoms with Crippen molar-refractivity contribution in [3.63, 3.8) is 0 Å². The van der Waals surface area contributed by atoms with Gasteiger partial charge >= 0.3 is 12.0 Å². The van der Waals surface area contributed by atoms with Crippen LogP contribution in [0.15, 0.2) is 24.3 Å². The number of benzene rings is 1. The number of hydrogen-bond donors (Lipinski definition) is 2. The summed E-state index contributed by atoms with van der Waals surface area (Å²) in [4.78, 5) is 24.8. The van der Waals surface area contributed by atoms with Gasteiger partial charge in [-0.25, -0.2) is 9.59 Å². The van der Waals surface area contributed by atoms with Crippen molar-refractivity contribution < 1.29 is 14.7 Å². The molecule has 0 aliphatic carbocycles. The van der Waals surface area contributed by atoms with E-state index in [9.17, 15) is 9.59 Å². The van der Waals surface area contributed by atoms with Crippen LogP contribution in [0.25, 0.3) is 0 Å². The topological polar surface area (TPSA) is 69.6 Å². The lowest BCUT2D eigenvalue weighted by molar-refractivity contribution is 0.0697. The van der Waals surface area contributed by atoms with E-state index in [2.05, 4.69) is 19.2 Å². The van der Waals surface area contributed by atoms with E-state index in [-0.39, 0.29) is 11.6 Å². The van der Waals surface area contributed by atoms with Gasteiger partial charge in [-0.2, -0.15) is 0 Å². The number of carboxylic acids is 1. The van der Waals surface area contributed by atoms with Gasteiger partial charge in [0.25, 0.3) is 0 Å². The minimum absolute atomic E-state index is 0.111. The highest BCUT2D eigenvalue weighted by atomic mass is 16.4. The fourth-order valence-electron chi connectivity index (χ4n) is 2.67. The van der Waals surface area contributed by atoms with Gasteiger partial charge in [0, 0.05) is 18.8 Å². The average molecular weight is 290 g/mol. The third-order valence-electron chi connectivity index (χ3n) is 4.15. The second-order valence-electron chi connectivity index (χ2n) is 5.88. The SMILES string of the molecule is CC(C)C1CCN(C(=O)Nc2ccc(C(=O)O)cc2)CC1. The summed E-state index contributed by atoms with van der Waals surface area (Å²) in [5.41, 5.74) is 0.835. The Hall–Kier alpha value is -2.04. The minimum atomic E-state index is -0.969. The van der Waals surface area contributed by atoms with Crippen molar-refractivity contribution in [2.45, 2.75) is 26.7 Å². The fraction of sp³-hybridized carbons (Fsp3) is 0.500. The molecule has 2 N–H and O–H groups in total. The zero-order valence-corrected chi connectivity index (χ0v) is 12.5. The highest BCUT2D eigenvalue weighted by Crippen LogP contribution is 2.24. The molecule has 0 aromatic heterocycles. The quantitative estimate of drug-likeness (QED) is 0.897. The van der Waals surface area contributed by atoms with E-state index < -0.39 is 5.97 Å². The lowest BCUT2D eigenvalue weighted by Gasteiger charge is -2.33. The first-order chi connectivity index (χ1) is 9.97. The molecule has 0 bridgehead atoms. The Kier molecular flexibility index (Phi) is 4.83. The van der Waals surface area contributed by atoms with Gasteiger partial charge in [-0.3, -0.25) is 0 Å². The molecule has 1 aliphatic rings. The van der Waals surface area contributed by atoms with E-state index in [0.29, 0.717) is 17.5 Å². The molecule has 21 heavy (non-hydrogen) atoms. The Morgan fingerprint density at radius 2 is 1.76 bits per heavy atom. The number of nitrogens with zero attached hydrogens (tertiary/aromatic N) is 1. The summed E-state index contributed by atoms with van der Waals surface area (Å²) >= 11 is 0. The first kappa shape index (κ1) is 15.4. The summed E-state index contributed by atoms with van der Waals surface area (Å²) in [6.07, 6.45) is 2.09. The summed E-state index contributed by atoms with van der Waals surface area (Å²) in [5, 5.41) is 11.7. The molecular formula is C16H22N2O3. The second-order valence-corrected chi connectivity index (χ2v) is 5.88. The van der Waals surface area contributed by atoms with Crippen molar-refractivity contribution in [3.8, 4) is 0 Å². The molecule has 1 saturated heterocycles. The Bertz CT molecular complexity index is 503. The summed E-state index contributed by atoms with van der Waals surface area (Å²) in [7, 11) is 0. The number of carbonyl (C=O) groups excluding carboxylic acids is 1. The van der Waals surface area contributed by atoms with Crippen molar-refractivity contribution in [3.05, 3.63) is 29.8 Å². The van der Waals surface area contributed by atoms with Crippen molar-refractivity contribution in [1.82, 2.24) is 4.90 Å². The molecule has 2 amide bonds. The predicted octanol–water partition coefficient (Wildman–Crippen LogP) is 3.28. The summed E-state index contributed by atoms with van der Waals surface area (Å²) in [6.45, 7) is 6.01. The number of amides is 2. The van der Waals surface area contributed by atoms with Crippen LogP contribution >= 0.6 is 0 Å². The Balaban J connectivity index is 1.89. The highest BCUT2D eigenvalue weighted by molar-refractivity contribution is 5.91. The Labute approximate surface area is 125 Å². The van der Waals surface area contributed by atoms with E-state index in [1.165, 1.54) is 12.1 Å². The van der Waals surface area contributed by atoms with Gasteiger partial charge < -0.3 is 15.3 Å². The maximum absolute atomic E-state index is 12.2. The number of carboxylic acid groups (broad SMARTS) is 1. The van der Waals surface area contributed by atoms with Crippen LogP contribution in [0, 0.1) is 11.8 Å². The molecule has 0 saturated carbocycles. The van der Waals surface area contributed by atoms with Crippen molar-refractivity contribution in [1.29, 1.82) is 0 Å². The summed E-state index contributed by atoms with van der Waals surface area (Å²) in [5.74, 6) is 0.395. The van der Waals surface area contributed by atoms with Crippen LogP contribution < -0.4 is 5.32 Å². The molecule has 5 nitrogen and oxygen atoms in total. The van der Waals surface area contributed by atoms with Gasteiger partial charge in [0.2, 0.25) is 0 Å². The van der Waals surface area contributed by atoms with Crippen molar-refractivity contribution in [2.75, 3.05) is 18.4 Å². The predicted molar refractivity (Wildman–Crippen MR) is 81.6 cm³/mol. The Morgan fingerprint density at radius 3 is 2.24 bits per heavy atom. The second kappa shape index (κ2) is 6.61. The number of piperidine rings is 1. The number of rotatable bonds is 3. The van der Waals surface area contributed by atoms with Crippen LogP contribution in [0.4, 0.5) is 10.5 Å². The number of carbonyl (C=O) groups is 2. The van der Waals surface area contributed by atoms with Gasteiger partial charge in [-0.15, -0.1) is 0 Å². The zero-order chi connectivity index (χ0) is 15.4. The highest BCUT2D eigenvalue weighted by Gasteiger charge is 2.24. The Morgan fingerprint density at radius 1 is 1.19 bits per heavy atom. The monoisotopic (exact) mass is 290 g/mol. The molecule has 0 unspecified atom stereocenters. The molecule has 5 heteroatoms. The first-order valence-electron chi connectivity index (χ1n) is 7.36. The third-order valence-corrected chi connectivity index (χ3v) is 4.15. The van der Waals surface area contributed by atoms with Crippen LogP contribution in [0.1, 0.15) is 37.0 Å². The van der Waals surface area contributed by atoms with Crippen LogP contribution in [-0.2, 0) is 0 Å². The molecule has 0 atom stereocenters. The summed E-state index contributed by atoms with van der Waals surface area (Å²) in [6, 6.07) is 6.09. The third kappa shape index (κ3) is 3.97. The molecule has 0 spiro atoms. The average Bonchev–Trinajstić information content (AvgIpc) is 2.47. The van der Waals surface area contributed by atoms with E-state index in [1.807, 2.05) is 4.90 Å². The van der Waals surface area contributed by atoms with E-state index >= 15 is 0 Å². The number of likely N-dealkylation sites (tertiary alicyclic amines) is 1. The van der Waals surface area contributed by atoms with Gasteiger partial charge in [0.05, 0.1) is 5.56 Å².